The molecule has 0 saturated heterocycles. The second-order valence-corrected chi connectivity index (χ2v) is 8.22. The lowest BCUT2D eigenvalue weighted by molar-refractivity contribution is 0.655. The molecule has 0 heterocycles. The first-order valence-electron chi connectivity index (χ1n) is 8.34. The summed E-state index contributed by atoms with van der Waals surface area (Å²) >= 11 is 2.58. The normalized spacial score (nSPS) is 17.8. The van der Waals surface area contributed by atoms with Gasteiger partial charge in [0.25, 0.3) is 0 Å². The molecule has 1 heteroatoms. The number of halogens is 1. The number of hydrogen-bond donors (Lipinski definition) is 0. The fourth-order valence-electron chi connectivity index (χ4n) is 4.36. The molecule has 3 aromatic carbocycles. The van der Waals surface area contributed by atoms with E-state index in [0.717, 1.165) is 0 Å². The van der Waals surface area contributed by atoms with Crippen LogP contribution in [0.25, 0.3) is 27.5 Å². The van der Waals surface area contributed by atoms with Gasteiger partial charge in [-0.25, -0.2) is 0 Å². The van der Waals surface area contributed by atoms with E-state index >= 15 is 0 Å². The van der Waals surface area contributed by atoms with Crippen LogP contribution in [-0.2, 0) is 0 Å². The van der Waals surface area contributed by atoms with E-state index in [1.54, 1.807) is 0 Å². The zero-order chi connectivity index (χ0) is 16.5. The summed E-state index contributed by atoms with van der Waals surface area (Å²) in [5, 5.41) is 2.76. The smallest absolute Gasteiger partial charge is 0.0223 e. The fourth-order valence-corrected chi connectivity index (χ4v) is 5.19. The SMILES string of the molecule is CC1(C)C(I)=C2C(=C1c1ccccc1)c1cccc3cccc2c13. The maximum absolute atomic E-state index is 2.58. The molecule has 0 aliphatic heterocycles. The Morgan fingerprint density at radius 3 is 2.00 bits per heavy atom. The van der Waals surface area contributed by atoms with Crippen molar-refractivity contribution in [3.8, 4) is 0 Å². The Kier molecular flexibility index (Phi) is 2.91. The largest absolute Gasteiger partial charge is 0.0622 e. The summed E-state index contributed by atoms with van der Waals surface area (Å²) < 4.78 is 1.46. The number of fused-ring (bicyclic) bond motifs is 3. The average molecular weight is 420 g/mol. The van der Waals surface area contributed by atoms with Crippen LogP contribution >= 0.6 is 22.6 Å². The number of benzene rings is 3. The van der Waals surface area contributed by atoms with Gasteiger partial charge in [0, 0.05) is 14.6 Å². The Hall–Kier alpha value is -1.87. The molecule has 0 atom stereocenters. The highest BCUT2D eigenvalue weighted by Gasteiger charge is 2.43. The maximum Gasteiger partial charge on any atom is 0.0223 e. The molecule has 0 radical (unpaired) electrons. The van der Waals surface area contributed by atoms with Gasteiger partial charge in [-0.05, 0) is 61.2 Å². The highest BCUT2D eigenvalue weighted by molar-refractivity contribution is 14.1. The molecular formula is C23H17I. The van der Waals surface area contributed by atoms with E-state index in [9.17, 15) is 0 Å². The molecule has 116 valence electrons. The van der Waals surface area contributed by atoms with Gasteiger partial charge in [-0.3, -0.25) is 0 Å². The standard InChI is InChI=1S/C23H17I/c1-23(2)21(15-8-4-3-5-9-15)19-16-12-6-10-14-11-7-13-17(18(14)16)20(19)22(23)24/h3-13H,1-2H3. The first-order chi connectivity index (χ1) is 11.6. The minimum Gasteiger partial charge on any atom is -0.0622 e. The average Bonchev–Trinajstić information content (AvgIpc) is 3.02. The number of hydrogen-bond acceptors (Lipinski definition) is 0. The quantitative estimate of drug-likeness (QED) is 0.374. The Bertz CT molecular complexity index is 1060. The molecule has 0 unspecified atom stereocenters. The summed E-state index contributed by atoms with van der Waals surface area (Å²) in [4.78, 5) is 0. The van der Waals surface area contributed by atoms with Crippen LogP contribution in [0.5, 0.6) is 0 Å². The fraction of sp³-hybridized carbons (Fsp3) is 0.130. The van der Waals surface area contributed by atoms with Crippen LogP contribution in [-0.4, -0.2) is 0 Å². The zero-order valence-electron chi connectivity index (χ0n) is 13.7. The van der Waals surface area contributed by atoms with Gasteiger partial charge in [0.05, 0.1) is 0 Å². The molecule has 5 rings (SSSR count). The van der Waals surface area contributed by atoms with Crippen molar-refractivity contribution in [2.24, 2.45) is 5.41 Å². The van der Waals surface area contributed by atoms with Gasteiger partial charge in [-0.1, -0.05) is 80.6 Å². The summed E-state index contributed by atoms with van der Waals surface area (Å²) in [7, 11) is 0. The minimum atomic E-state index is 0.0439. The third-order valence-corrected chi connectivity index (χ3v) is 7.29. The highest BCUT2D eigenvalue weighted by Crippen LogP contribution is 2.63. The number of allylic oxidation sites excluding steroid dienone is 4. The van der Waals surface area contributed by atoms with Gasteiger partial charge in [-0.2, -0.15) is 0 Å². The van der Waals surface area contributed by atoms with Crippen LogP contribution in [0.2, 0.25) is 0 Å². The molecule has 0 bridgehead atoms. The summed E-state index contributed by atoms with van der Waals surface area (Å²) in [6.07, 6.45) is 0. The van der Waals surface area contributed by atoms with E-state index in [-0.39, 0.29) is 5.41 Å². The van der Waals surface area contributed by atoms with E-state index in [1.165, 1.54) is 47.8 Å². The molecule has 3 aromatic rings. The molecule has 2 aliphatic carbocycles. The lowest BCUT2D eigenvalue weighted by Crippen LogP contribution is -2.11. The monoisotopic (exact) mass is 420 g/mol. The van der Waals surface area contributed by atoms with E-state index < -0.39 is 0 Å². The summed E-state index contributed by atoms with van der Waals surface area (Å²) in [6.45, 7) is 4.72. The molecular weight excluding hydrogens is 403 g/mol. The van der Waals surface area contributed by atoms with Crippen LogP contribution in [0.3, 0.4) is 0 Å². The van der Waals surface area contributed by atoms with E-state index in [1.807, 2.05) is 0 Å². The minimum absolute atomic E-state index is 0.0439. The van der Waals surface area contributed by atoms with Crippen LogP contribution in [0, 0.1) is 5.41 Å². The first-order valence-corrected chi connectivity index (χ1v) is 9.42. The first kappa shape index (κ1) is 14.5. The second-order valence-electron chi connectivity index (χ2n) is 7.14. The van der Waals surface area contributed by atoms with Crippen LogP contribution in [0.4, 0.5) is 0 Å². The van der Waals surface area contributed by atoms with Crippen molar-refractivity contribution in [1.29, 1.82) is 0 Å². The number of rotatable bonds is 1. The Labute approximate surface area is 156 Å². The van der Waals surface area contributed by atoms with E-state index in [0.29, 0.717) is 0 Å². The molecule has 0 spiro atoms. The summed E-state index contributed by atoms with van der Waals surface area (Å²) in [5.74, 6) is 0. The Balaban J connectivity index is 1.96. The van der Waals surface area contributed by atoms with E-state index in [4.69, 9.17) is 0 Å². The van der Waals surface area contributed by atoms with Gasteiger partial charge < -0.3 is 0 Å². The van der Waals surface area contributed by atoms with Crippen molar-refractivity contribution < 1.29 is 0 Å². The lowest BCUT2D eigenvalue weighted by atomic mass is 9.80. The van der Waals surface area contributed by atoms with Crippen molar-refractivity contribution in [3.05, 3.63) is 87.0 Å². The van der Waals surface area contributed by atoms with Crippen LogP contribution in [0.1, 0.15) is 30.5 Å². The zero-order valence-corrected chi connectivity index (χ0v) is 15.9. The highest BCUT2D eigenvalue weighted by atomic mass is 127. The summed E-state index contributed by atoms with van der Waals surface area (Å²) in [6, 6.07) is 24.3. The van der Waals surface area contributed by atoms with Crippen molar-refractivity contribution >= 4 is 50.1 Å². The van der Waals surface area contributed by atoms with Gasteiger partial charge in [0.2, 0.25) is 0 Å². The van der Waals surface area contributed by atoms with Crippen molar-refractivity contribution in [2.45, 2.75) is 13.8 Å². The van der Waals surface area contributed by atoms with Crippen LogP contribution in [0.15, 0.2) is 70.3 Å². The van der Waals surface area contributed by atoms with Gasteiger partial charge >= 0.3 is 0 Å². The predicted octanol–water partition coefficient (Wildman–Crippen LogP) is 6.95. The molecule has 0 N–H and O–H groups in total. The second kappa shape index (κ2) is 4.82. The third-order valence-electron chi connectivity index (χ3n) is 5.40. The third kappa shape index (κ3) is 1.68. The predicted molar refractivity (Wildman–Crippen MR) is 112 cm³/mol. The molecule has 24 heavy (non-hydrogen) atoms. The molecule has 0 saturated carbocycles. The lowest BCUT2D eigenvalue weighted by Gasteiger charge is -2.26. The van der Waals surface area contributed by atoms with Crippen molar-refractivity contribution in [2.75, 3.05) is 0 Å². The van der Waals surface area contributed by atoms with Gasteiger partial charge in [-0.15, -0.1) is 0 Å². The Morgan fingerprint density at radius 2 is 1.33 bits per heavy atom. The topological polar surface area (TPSA) is 0 Å². The maximum atomic E-state index is 2.58. The molecule has 2 aliphatic rings. The molecule has 0 amide bonds. The summed E-state index contributed by atoms with van der Waals surface area (Å²) in [5.41, 5.74) is 8.55. The molecule has 0 fully saturated rings. The Morgan fingerprint density at radius 1 is 0.708 bits per heavy atom. The van der Waals surface area contributed by atoms with Gasteiger partial charge in [0.1, 0.15) is 0 Å². The van der Waals surface area contributed by atoms with Gasteiger partial charge in [0.15, 0.2) is 0 Å². The van der Waals surface area contributed by atoms with E-state index in [2.05, 4.69) is 103 Å². The van der Waals surface area contributed by atoms with Crippen molar-refractivity contribution in [3.63, 3.8) is 0 Å². The molecule has 0 nitrogen and oxygen atoms in total. The van der Waals surface area contributed by atoms with Crippen molar-refractivity contribution in [1.82, 2.24) is 0 Å². The van der Waals surface area contributed by atoms with Crippen LogP contribution < -0.4 is 0 Å². The molecule has 0 aromatic heterocycles.